The standard InChI is InChI=1S/C12H11N3O4S2/c1-6-2-3-7(4-8(6)16)10(19)13-11-14-15-12(21-11)20-5-9(17)18/h2-4,16H,5H2,1H3,(H,17,18)(H,13,14,19). The highest BCUT2D eigenvalue weighted by Gasteiger charge is 2.12. The quantitative estimate of drug-likeness (QED) is 0.569. The molecule has 0 saturated heterocycles. The van der Waals surface area contributed by atoms with Crippen molar-refractivity contribution in [1.82, 2.24) is 10.2 Å². The summed E-state index contributed by atoms with van der Waals surface area (Å²) in [6.07, 6.45) is 0. The van der Waals surface area contributed by atoms with Gasteiger partial charge in [-0.2, -0.15) is 0 Å². The average Bonchev–Trinajstić information content (AvgIpc) is 2.87. The van der Waals surface area contributed by atoms with Crippen LogP contribution in [0.5, 0.6) is 5.75 Å². The first-order valence-electron chi connectivity index (χ1n) is 5.75. The third-order valence-corrected chi connectivity index (χ3v) is 4.37. The number of nitrogens with zero attached hydrogens (tertiary/aromatic N) is 2. The average molecular weight is 325 g/mol. The molecule has 0 aliphatic heterocycles. The Hall–Kier alpha value is -2.13. The molecule has 1 heterocycles. The van der Waals surface area contributed by atoms with Crippen LogP contribution in [0.2, 0.25) is 0 Å². The number of aryl methyl sites for hydroxylation is 1. The zero-order valence-corrected chi connectivity index (χ0v) is 12.5. The summed E-state index contributed by atoms with van der Waals surface area (Å²) < 4.78 is 0.458. The van der Waals surface area contributed by atoms with Crippen LogP contribution in [-0.2, 0) is 4.79 Å². The van der Waals surface area contributed by atoms with Crippen molar-refractivity contribution in [1.29, 1.82) is 0 Å². The molecule has 7 nitrogen and oxygen atoms in total. The first kappa shape index (κ1) is 15.3. The summed E-state index contributed by atoms with van der Waals surface area (Å²) in [5, 5.41) is 28.5. The Balaban J connectivity index is 2.02. The number of carboxylic acid groups (broad SMARTS) is 1. The summed E-state index contributed by atoms with van der Waals surface area (Å²) in [6.45, 7) is 1.73. The number of aromatic nitrogens is 2. The van der Waals surface area contributed by atoms with Gasteiger partial charge in [-0.1, -0.05) is 29.2 Å². The first-order valence-corrected chi connectivity index (χ1v) is 7.55. The molecule has 0 saturated carbocycles. The zero-order valence-electron chi connectivity index (χ0n) is 10.9. The molecule has 3 N–H and O–H groups in total. The van der Waals surface area contributed by atoms with Gasteiger partial charge < -0.3 is 10.2 Å². The van der Waals surface area contributed by atoms with Crippen molar-refractivity contribution in [2.45, 2.75) is 11.3 Å². The number of carbonyl (C=O) groups excluding carboxylic acids is 1. The van der Waals surface area contributed by atoms with Crippen molar-refractivity contribution in [3.05, 3.63) is 29.3 Å². The van der Waals surface area contributed by atoms with Gasteiger partial charge in [-0.15, -0.1) is 10.2 Å². The lowest BCUT2D eigenvalue weighted by atomic mass is 10.1. The molecule has 0 bridgehead atoms. The number of anilines is 1. The fourth-order valence-electron chi connectivity index (χ4n) is 1.36. The van der Waals surface area contributed by atoms with E-state index in [4.69, 9.17) is 5.11 Å². The molecule has 2 rings (SSSR count). The Kier molecular flexibility index (Phi) is 4.76. The van der Waals surface area contributed by atoms with Crippen molar-refractivity contribution >= 4 is 40.1 Å². The maximum absolute atomic E-state index is 12.0. The second-order valence-electron chi connectivity index (χ2n) is 4.01. The van der Waals surface area contributed by atoms with Crippen molar-refractivity contribution < 1.29 is 19.8 Å². The summed E-state index contributed by atoms with van der Waals surface area (Å²) in [5.41, 5.74) is 0.975. The molecular formula is C12H11N3O4S2. The molecule has 1 aromatic carbocycles. The Morgan fingerprint density at radius 1 is 1.38 bits per heavy atom. The van der Waals surface area contributed by atoms with Gasteiger partial charge >= 0.3 is 5.97 Å². The van der Waals surface area contributed by atoms with Gasteiger partial charge in [0.05, 0.1) is 5.75 Å². The molecule has 21 heavy (non-hydrogen) atoms. The fourth-order valence-corrected chi connectivity index (χ4v) is 2.83. The minimum atomic E-state index is -0.948. The molecule has 2 aromatic rings. The summed E-state index contributed by atoms with van der Waals surface area (Å²) in [5.74, 6) is -1.45. The molecule has 0 atom stereocenters. The van der Waals surface area contributed by atoms with Gasteiger partial charge in [-0.3, -0.25) is 14.9 Å². The van der Waals surface area contributed by atoms with Crippen LogP contribution in [0, 0.1) is 6.92 Å². The molecule has 0 radical (unpaired) electrons. The molecule has 9 heteroatoms. The highest BCUT2D eigenvalue weighted by atomic mass is 32.2. The van der Waals surface area contributed by atoms with E-state index in [-0.39, 0.29) is 16.6 Å². The normalized spacial score (nSPS) is 10.3. The van der Waals surface area contributed by atoms with Crippen molar-refractivity contribution in [3.8, 4) is 5.75 Å². The maximum Gasteiger partial charge on any atom is 0.313 e. The summed E-state index contributed by atoms with van der Waals surface area (Å²) >= 11 is 2.12. The van der Waals surface area contributed by atoms with E-state index < -0.39 is 11.9 Å². The number of carbonyl (C=O) groups is 2. The van der Waals surface area contributed by atoms with Gasteiger partial charge in [0.25, 0.3) is 5.91 Å². The lowest BCUT2D eigenvalue weighted by Crippen LogP contribution is -2.11. The smallest absolute Gasteiger partial charge is 0.313 e. The summed E-state index contributed by atoms with van der Waals surface area (Å²) in [6, 6.07) is 4.59. The van der Waals surface area contributed by atoms with E-state index >= 15 is 0 Å². The number of aliphatic carboxylic acids is 1. The predicted molar refractivity (Wildman–Crippen MR) is 79.1 cm³/mol. The number of thioether (sulfide) groups is 1. The van der Waals surface area contributed by atoms with Gasteiger partial charge in [0.1, 0.15) is 5.75 Å². The third kappa shape index (κ3) is 4.17. The van der Waals surface area contributed by atoms with Gasteiger partial charge in [0.15, 0.2) is 4.34 Å². The predicted octanol–water partition coefficient (Wildman–Crippen LogP) is 1.98. The van der Waals surface area contributed by atoms with Crippen LogP contribution in [0.15, 0.2) is 22.5 Å². The minimum Gasteiger partial charge on any atom is -0.508 e. The van der Waals surface area contributed by atoms with Crippen molar-refractivity contribution in [2.75, 3.05) is 11.1 Å². The van der Waals surface area contributed by atoms with Crippen LogP contribution in [0.25, 0.3) is 0 Å². The van der Waals surface area contributed by atoms with Gasteiger partial charge in [0, 0.05) is 5.56 Å². The number of aromatic hydroxyl groups is 1. The maximum atomic E-state index is 12.0. The van der Waals surface area contributed by atoms with E-state index in [9.17, 15) is 14.7 Å². The van der Waals surface area contributed by atoms with Crippen LogP contribution in [0.3, 0.4) is 0 Å². The molecule has 1 aromatic heterocycles. The summed E-state index contributed by atoms with van der Waals surface area (Å²) in [4.78, 5) is 22.4. The molecule has 0 fully saturated rings. The Morgan fingerprint density at radius 3 is 2.81 bits per heavy atom. The molecular weight excluding hydrogens is 314 g/mol. The largest absolute Gasteiger partial charge is 0.508 e. The van der Waals surface area contributed by atoms with Crippen LogP contribution in [0.1, 0.15) is 15.9 Å². The van der Waals surface area contributed by atoms with E-state index in [2.05, 4.69) is 15.5 Å². The molecule has 0 unspecified atom stereocenters. The van der Waals surface area contributed by atoms with E-state index in [0.717, 1.165) is 23.1 Å². The zero-order chi connectivity index (χ0) is 15.4. The van der Waals surface area contributed by atoms with Crippen LogP contribution in [-0.4, -0.2) is 38.0 Å². The van der Waals surface area contributed by atoms with Crippen molar-refractivity contribution in [3.63, 3.8) is 0 Å². The van der Waals surface area contributed by atoms with Crippen LogP contribution >= 0.6 is 23.1 Å². The monoisotopic (exact) mass is 325 g/mol. The number of phenols is 1. The Labute approximate surface area is 128 Å². The lowest BCUT2D eigenvalue weighted by Gasteiger charge is -2.03. The van der Waals surface area contributed by atoms with Crippen molar-refractivity contribution in [2.24, 2.45) is 0 Å². The van der Waals surface area contributed by atoms with E-state index in [1.807, 2.05) is 0 Å². The molecule has 0 aliphatic carbocycles. The Bertz CT molecular complexity index is 687. The number of nitrogens with one attached hydrogen (secondary N) is 1. The van der Waals surface area contributed by atoms with Gasteiger partial charge in [-0.25, -0.2) is 0 Å². The minimum absolute atomic E-state index is 0.0395. The Morgan fingerprint density at radius 2 is 2.14 bits per heavy atom. The number of carboxylic acids is 1. The fraction of sp³-hybridized carbons (Fsp3) is 0.167. The second kappa shape index (κ2) is 6.55. The topological polar surface area (TPSA) is 112 Å². The molecule has 110 valence electrons. The van der Waals surface area contributed by atoms with Gasteiger partial charge in [0.2, 0.25) is 5.13 Å². The van der Waals surface area contributed by atoms with Gasteiger partial charge in [-0.05, 0) is 24.6 Å². The number of hydrogen-bond donors (Lipinski definition) is 3. The number of phenolic OH excluding ortho intramolecular Hbond substituents is 1. The third-order valence-electron chi connectivity index (χ3n) is 2.42. The lowest BCUT2D eigenvalue weighted by molar-refractivity contribution is -0.133. The first-order chi connectivity index (χ1) is 9.95. The number of benzene rings is 1. The number of hydrogen-bond acceptors (Lipinski definition) is 7. The van der Waals surface area contributed by atoms with E-state index in [1.54, 1.807) is 19.1 Å². The molecule has 0 aliphatic rings. The summed E-state index contributed by atoms with van der Waals surface area (Å²) in [7, 11) is 0. The van der Waals surface area contributed by atoms with E-state index in [1.165, 1.54) is 6.07 Å². The van der Waals surface area contributed by atoms with E-state index in [0.29, 0.717) is 15.5 Å². The second-order valence-corrected chi connectivity index (χ2v) is 6.21. The highest BCUT2D eigenvalue weighted by molar-refractivity contribution is 8.01. The molecule has 0 spiro atoms. The number of amides is 1. The highest BCUT2D eigenvalue weighted by Crippen LogP contribution is 2.26. The molecule has 1 amide bonds. The SMILES string of the molecule is Cc1ccc(C(=O)Nc2nnc(SCC(=O)O)s2)cc1O. The number of rotatable bonds is 5. The van der Waals surface area contributed by atoms with Crippen LogP contribution < -0.4 is 5.32 Å². The van der Waals surface area contributed by atoms with Crippen LogP contribution in [0.4, 0.5) is 5.13 Å².